The highest BCUT2D eigenvalue weighted by atomic mass is 14.9. The lowest BCUT2D eigenvalue weighted by Crippen LogP contribution is -2.12. The Morgan fingerprint density at radius 1 is 1.08 bits per heavy atom. The molecular weight excluding hydrogens is 148 g/mol. The summed E-state index contributed by atoms with van der Waals surface area (Å²) in [6.07, 6.45) is 8.14. The molecule has 0 saturated heterocycles. The SMILES string of the molecule is CCCCCN=CNCCCC. The summed E-state index contributed by atoms with van der Waals surface area (Å²) in [5, 5.41) is 3.17. The maximum absolute atomic E-state index is 4.24. The monoisotopic (exact) mass is 170 g/mol. The number of nitrogens with one attached hydrogen (secondary N) is 1. The number of aliphatic imine (C=N–C) groups is 1. The first kappa shape index (κ1) is 11.5. The molecule has 72 valence electrons. The predicted molar refractivity (Wildman–Crippen MR) is 55.8 cm³/mol. The average molecular weight is 170 g/mol. The molecule has 0 unspecified atom stereocenters. The van der Waals surface area contributed by atoms with Crippen molar-refractivity contribution in [2.45, 2.75) is 46.0 Å². The molecule has 0 heterocycles. The minimum atomic E-state index is 0.979. The van der Waals surface area contributed by atoms with E-state index in [0.717, 1.165) is 13.1 Å². The van der Waals surface area contributed by atoms with Gasteiger partial charge in [0.2, 0.25) is 0 Å². The lowest BCUT2D eigenvalue weighted by atomic mass is 10.2. The van der Waals surface area contributed by atoms with Gasteiger partial charge in [0.1, 0.15) is 0 Å². The zero-order chi connectivity index (χ0) is 9.07. The van der Waals surface area contributed by atoms with Crippen molar-refractivity contribution < 1.29 is 0 Å². The maximum atomic E-state index is 4.24. The summed E-state index contributed by atoms with van der Waals surface area (Å²) < 4.78 is 0. The van der Waals surface area contributed by atoms with Crippen molar-refractivity contribution in [2.75, 3.05) is 13.1 Å². The third kappa shape index (κ3) is 9.47. The average Bonchev–Trinajstić information content (AvgIpc) is 2.10. The molecule has 2 heteroatoms. The van der Waals surface area contributed by atoms with E-state index in [0.29, 0.717) is 0 Å². The van der Waals surface area contributed by atoms with Gasteiger partial charge in [0.15, 0.2) is 0 Å². The van der Waals surface area contributed by atoms with Crippen molar-refractivity contribution in [1.29, 1.82) is 0 Å². The molecule has 0 aromatic heterocycles. The second-order valence-electron chi connectivity index (χ2n) is 3.05. The molecule has 0 radical (unpaired) electrons. The van der Waals surface area contributed by atoms with Gasteiger partial charge in [0.05, 0.1) is 6.34 Å². The van der Waals surface area contributed by atoms with Gasteiger partial charge in [-0.1, -0.05) is 33.1 Å². The zero-order valence-electron chi connectivity index (χ0n) is 8.47. The first-order valence-corrected chi connectivity index (χ1v) is 5.13. The summed E-state index contributed by atoms with van der Waals surface area (Å²) in [7, 11) is 0. The number of rotatable bonds is 8. The minimum absolute atomic E-state index is 0.979. The largest absolute Gasteiger partial charge is 0.376 e. The van der Waals surface area contributed by atoms with Crippen LogP contribution in [0.3, 0.4) is 0 Å². The first-order chi connectivity index (χ1) is 5.91. The van der Waals surface area contributed by atoms with E-state index in [-0.39, 0.29) is 0 Å². The molecule has 12 heavy (non-hydrogen) atoms. The van der Waals surface area contributed by atoms with E-state index in [1.807, 2.05) is 6.34 Å². The number of hydrogen-bond acceptors (Lipinski definition) is 1. The van der Waals surface area contributed by atoms with Crippen LogP contribution in [-0.2, 0) is 0 Å². The fourth-order valence-electron chi connectivity index (χ4n) is 0.926. The van der Waals surface area contributed by atoms with E-state index in [4.69, 9.17) is 0 Å². The third-order valence-electron chi connectivity index (χ3n) is 1.75. The Kier molecular flexibility index (Phi) is 10.0. The Hall–Kier alpha value is -0.530. The molecule has 2 nitrogen and oxygen atoms in total. The standard InChI is InChI=1S/C10H22N2/c1-3-5-7-9-12-10-11-8-6-4-2/h10H,3-9H2,1-2H3,(H,11,12). The summed E-state index contributed by atoms with van der Waals surface area (Å²) in [5.74, 6) is 0. The summed E-state index contributed by atoms with van der Waals surface area (Å²) in [4.78, 5) is 4.24. The Labute approximate surface area is 76.5 Å². The highest BCUT2D eigenvalue weighted by Gasteiger charge is 1.82. The zero-order valence-corrected chi connectivity index (χ0v) is 8.47. The molecular formula is C10H22N2. The smallest absolute Gasteiger partial charge is 0.0823 e. The second kappa shape index (κ2) is 10.5. The molecule has 0 aromatic carbocycles. The van der Waals surface area contributed by atoms with E-state index in [2.05, 4.69) is 24.2 Å². The molecule has 0 spiro atoms. The van der Waals surface area contributed by atoms with Crippen molar-refractivity contribution in [3.8, 4) is 0 Å². The second-order valence-corrected chi connectivity index (χ2v) is 3.05. The van der Waals surface area contributed by atoms with Crippen LogP contribution >= 0.6 is 0 Å². The highest BCUT2D eigenvalue weighted by molar-refractivity contribution is 5.53. The fraction of sp³-hybridized carbons (Fsp3) is 0.900. The molecule has 0 atom stereocenters. The molecule has 0 amide bonds. The van der Waals surface area contributed by atoms with Crippen molar-refractivity contribution in [3.05, 3.63) is 0 Å². The summed E-state index contributed by atoms with van der Waals surface area (Å²) in [5.41, 5.74) is 0. The molecule has 0 rings (SSSR count). The van der Waals surface area contributed by atoms with Crippen molar-refractivity contribution in [2.24, 2.45) is 4.99 Å². The topological polar surface area (TPSA) is 24.4 Å². The van der Waals surface area contributed by atoms with E-state index in [1.54, 1.807) is 0 Å². The van der Waals surface area contributed by atoms with E-state index in [1.165, 1.54) is 32.1 Å². The molecule has 0 saturated carbocycles. The van der Waals surface area contributed by atoms with Gasteiger partial charge in [-0.05, 0) is 12.8 Å². The quantitative estimate of drug-likeness (QED) is 0.338. The van der Waals surface area contributed by atoms with Gasteiger partial charge in [-0.3, -0.25) is 4.99 Å². The van der Waals surface area contributed by atoms with Crippen LogP contribution < -0.4 is 5.32 Å². The number of nitrogens with zero attached hydrogens (tertiary/aromatic N) is 1. The molecule has 0 aromatic rings. The lowest BCUT2D eigenvalue weighted by molar-refractivity contribution is 0.722. The Morgan fingerprint density at radius 2 is 1.83 bits per heavy atom. The van der Waals surface area contributed by atoms with Crippen LogP contribution in [0.2, 0.25) is 0 Å². The van der Waals surface area contributed by atoms with Crippen LogP contribution in [0.4, 0.5) is 0 Å². The molecule has 0 aliphatic rings. The van der Waals surface area contributed by atoms with Crippen LogP contribution in [0.1, 0.15) is 46.0 Å². The Morgan fingerprint density at radius 3 is 2.50 bits per heavy atom. The summed E-state index contributed by atoms with van der Waals surface area (Å²) in [6, 6.07) is 0. The lowest BCUT2D eigenvalue weighted by Gasteiger charge is -1.96. The van der Waals surface area contributed by atoms with Crippen molar-refractivity contribution >= 4 is 6.34 Å². The van der Waals surface area contributed by atoms with Gasteiger partial charge in [-0.15, -0.1) is 0 Å². The van der Waals surface area contributed by atoms with Gasteiger partial charge in [-0.25, -0.2) is 0 Å². The van der Waals surface area contributed by atoms with Crippen molar-refractivity contribution in [3.63, 3.8) is 0 Å². The van der Waals surface area contributed by atoms with Gasteiger partial charge >= 0.3 is 0 Å². The Bertz CT molecular complexity index is 88.0. The Balaban J connectivity index is 2.93. The van der Waals surface area contributed by atoms with Crippen LogP contribution in [0.5, 0.6) is 0 Å². The molecule has 0 aliphatic carbocycles. The van der Waals surface area contributed by atoms with Gasteiger partial charge in [0, 0.05) is 13.1 Å². The first-order valence-electron chi connectivity index (χ1n) is 5.13. The normalized spacial score (nSPS) is 10.8. The van der Waals surface area contributed by atoms with Crippen LogP contribution in [-0.4, -0.2) is 19.4 Å². The third-order valence-corrected chi connectivity index (χ3v) is 1.75. The summed E-state index contributed by atoms with van der Waals surface area (Å²) in [6.45, 7) is 6.45. The number of hydrogen-bond donors (Lipinski definition) is 1. The van der Waals surface area contributed by atoms with Crippen LogP contribution in [0, 0.1) is 0 Å². The van der Waals surface area contributed by atoms with Gasteiger partial charge < -0.3 is 5.32 Å². The van der Waals surface area contributed by atoms with Crippen molar-refractivity contribution in [1.82, 2.24) is 5.32 Å². The highest BCUT2D eigenvalue weighted by Crippen LogP contribution is 1.92. The van der Waals surface area contributed by atoms with Crippen LogP contribution in [0.25, 0.3) is 0 Å². The van der Waals surface area contributed by atoms with Crippen LogP contribution in [0.15, 0.2) is 4.99 Å². The van der Waals surface area contributed by atoms with E-state index in [9.17, 15) is 0 Å². The molecule has 0 aliphatic heterocycles. The summed E-state index contributed by atoms with van der Waals surface area (Å²) >= 11 is 0. The minimum Gasteiger partial charge on any atom is -0.376 e. The molecule has 1 N–H and O–H groups in total. The molecule has 0 bridgehead atoms. The van der Waals surface area contributed by atoms with Gasteiger partial charge in [0.25, 0.3) is 0 Å². The molecule has 0 fully saturated rings. The maximum Gasteiger partial charge on any atom is 0.0823 e. The van der Waals surface area contributed by atoms with E-state index >= 15 is 0 Å². The fourth-order valence-corrected chi connectivity index (χ4v) is 0.926. The van der Waals surface area contributed by atoms with E-state index < -0.39 is 0 Å². The van der Waals surface area contributed by atoms with Gasteiger partial charge in [-0.2, -0.15) is 0 Å². The predicted octanol–water partition coefficient (Wildman–Crippen LogP) is 2.59. The number of unbranched alkanes of at least 4 members (excludes halogenated alkanes) is 3.